The van der Waals surface area contributed by atoms with Gasteiger partial charge < -0.3 is 9.47 Å². The van der Waals surface area contributed by atoms with E-state index in [2.05, 4.69) is 13.0 Å². The molecule has 1 unspecified atom stereocenters. The molecular formula is C14H20O3. The van der Waals surface area contributed by atoms with Crippen LogP contribution in [-0.4, -0.2) is 24.8 Å². The van der Waals surface area contributed by atoms with Crippen molar-refractivity contribution in [2.75, 3.05) is 13.2 Å². The minimum Gasteiger partial charge on any atom is -0.348 e. The van der Waals surface area contributed by atoms with E-state index in [1.54, 1.807) is 0 Å². The number of carbonyl (C=O) groups is 1. The number of Topliss-reactive ketones (excluding diaryl/α,β-unsaturated/α-hetero) is 1. The van der Waals surface area contributed by atoms with E-state index in [0.29, 0.717) is 24.9 Å². The van der Waals surface area contributed by atoms with Crippen molar-refractivity contribution in [3.8, 4) is 0 Å². The first-order valence-electron chi connectivity index (χ1n) is 6.55. The summed E-state index contributed by atoms with van der Waals surface area (Å²) in [7, 11) is 0. The van der Waals surface area contributed by atoms with E-state index in [0.717, 1.165) is 31.3 Å². The predicted octanol–water partition coefficient (Wildman–Crippen LogP) is 2.46. The molecule has 17 heavy (non-hydrogen) atoms. The molecule has 3 rings (SSSR count). The lowest BCUT2D eigenvalue weighted by molar-refractivity contribution is -0.205. The van der Waals surface area contributed by atoms with Crippen LogP contribution in [0.5, 0.6) is 0 Å². The Labute approximate surface area is 102 Å². The number of ketones is 1. The van der Waals surface area contributed by atoms with Gasteiger partial charge in [0.2, 0.25) is 0 Å². The van der Waals surface area contributed by atoms with Crippen molar-refractivity contribution in [3.63, 3.8) is 0 Å². The van der Waals surface area contributed by atoms with Crippen molar-refractivity contribution in [1.82, 2.24) is 0 Å². The van der Waals surface area contributed by atoms with Gasteiger partial charge in [-0.25, -0.2) is 0 Å². The quantitative estimate of drug-likeness (QED) is 0.648. The van der Waals surface area contributed by atoms with Gasteiger partial charge in [0.05, 0.1) is 13.2 Å². The standard InChI is InChI=1S/C14H20O3/c1-10-3-4-11-9-14(16-7-8-17-14)6-5-13(11,2)12(10)15/h3,11H,4-9H2,1-2H3/t11?,13-/m0/s1. The summed E-state index contributed by atoms with van der Waals surface area (Å²) < 4.78 is 11.6. The summed E-state index contributed by atoms with van der Waals surface area (Å²) in [5.74, 6) is 0.343. The van der Waals surface area contributed by atoms with Gasteiger partial charge in [-0.05, 0) is 31.3 Å². The fourth-order valence-corrected chi connectivity index (χ4v) is 3.62. The molecule has 1 spiro atoms. The largest absolute Gasteiger partial charge is 0.348 e. The first kappa shape index (κ1) is 11.4. The molecule has 0 amide bonds. The minimum absolute atomic E-state index is 0.181. The van der Waals surface area contributed by atoms with Crippen LogP contribution in [0.3, 0.4) is 0 Å². The van der Waals surface area contributed by atoms with Gasteiger partial charge in [-0.2, -0.15) is 0 Å². The van der Waals surface area contributed by atoms with Gasteiger partial charge >= 0.3 is 0 Å². The highest BCUT2D eigenvalue weighted by atomic mass is 16.7. The third-order valence-corrected chi connectivity index (χ3v) is 4.88. The van der Waals surface area contributed by atoms with Crippen LogP contribution in [0.15, 0.2) is 11.6 Å². The summed E-state index contributed by atoms with van der Waals surface area (Å²) in [5.41, 5.74) is 0.757. The maximum atomic E-state index is 12.3. The number of hydrogen-bond donors (Lipinski definition) is 0. The molecule has 1 saturated heterocycles. The summed E-state index contributed by atoms with van der Waals surface area (Å²) >= 11 is 0. The molecule has 0 bridgehead atoms. The Bertz CT molecular complexity index is 379. The van der Waals surface area contributed by atoms with E-state index in [1.165, 1.54) is 0 Å². The van der Waals surface area contributed by atoms with Crippen molar-refractivity contribution >= 4 is 5.78 Å². The lowest BCUT2D eigenvalue weighted by Gasteiger charge is -2.48. The smallest absolute Gasteiger partial charge is 0.168 e. The molecule has 2 aliphatic carbocycles. The van der Waals surface area contributed by atoms with Crippen LogP contribution in [0.4, 0.5) is 0 Å². The second kappa shape index (κ2) is 3.66. The first-order chi connectivity index (χ1) is 8.06. The molecule has 3 nitrogen and oxygen atoms in total. The summed E-state index contributed by atoms with van der Waals surface area (Å²) in [6, 6.07) is 0. The Morgan fingerprint density at radius 2 is 2.00 bits per heavy atom. The van der Waals surface area contributed by atoms with Crippen molar-refractivity contribution in [1.29, 1.82) is 0 Å². The van der Waals surface area contributed by atoms with Gasteiger partial charge in [0, 0.05) is 18.3 Å². The number of carbonyl (C=O) groups excluding carboxylic acids is 1. The highest BCUT2D eigenvalue weighted by Crippen LogP contribution is 2.52. The van der Waals surface area contributed by atoms with Crippen LogP contribution < -0.4 is 0 Å². The highest BCUT2D eigenvalue weighted by Gasteiger charge is 2.53. The molecule has 1 saturated carbocycles. The van der Waals surface area contributed by atoms with E-state index in [9.17, 15) is 4.79 Å². The molecule has 0 N–H and O–H groups in total. The molecular weight excluding hydrogens is 216 g/mol. The van der Waals surface area contributed by atoms with Crippen LogP contribution in [0, 0.1) is 11.3 Å². The zero-order valence-electron chi connectivity index (χ0n) is 10.6. The number of rotatable bonds is 0. The minimum atomic E-state index is -0.371. The number of hydrogen-bond acceptors (Lipinski definition) is 3. The molecule has 0 radical (unpaired) electrons. The maximum Gasteiger partial charge on any atom is 0.168 e. The van der Waals surface area contributed by atoms with Crippen LogP contribution in [0.1, 0.15) is 39.5 Å². The van der Waals surface area contributed by atoms with E-state index < -0.39 is 0 Å². The Morgan fingerprint density at radius 1 is 1.29 bits per heavy atom. The third-order valence-electron chi connectivity index (χ3n) is 4.88. The van der Waals surface area contributed by atoms with E-state index in [4.69, 9.17) is 9.47 Å². The monoisotopic (exact) mass is 236 g/mol. The van der Waals surface area contributed by atoms with Gasteiger partial charge in [-0.1, -0.05) is 13.0 Å². The molecule has 2 fully saturated rings. The predicted molar refractivity (Wildman–Crippen MR) is 63.5 cm³/mol. The van der Waals surface area contributed by atoms with Crippen LogP contribution in [0.25, 0.3) is 0 Å². The van der Waals surface area contributed by atoms with Gasteiger partial charge in [-0.3, -0.25) is 4.79 Å². The first-order valence-corrected chi connectivity index (χ1v) is 6.55. The summed E-state index contributed by atoms with van der Waals surface area (Å²) in [6.45, 7) is 5.47. The molecule has 0 aromatic heterocycles. The Hall–Kier alpha value is -0.670. The van der Waals surface area contributed by atoms with Crippen molar-refractivity contribution in [3.05, 3.63) is 11.6 Å². The topological polar surface area (TPSA) is 35.5 Å². The molecule has 3 heteroatoms. The second-order valence-corrected chi connectivity index (χ2v) is 5.88. The average molecular weight is 236 g/mol. The summed E-state index contributed by atoms with van der Waals surface area (Å²) in [6.07, 6.45) is 5.70. The summed E-state index contributed by atoms with van der Waals surface area (Å²) in [5, 5.41) is 0. The van der Waals surface area contributed by atoms with Crippen LogP contribution in [0.2, 0.25) is 0 Å². The average Bonchev–Trinajstić information content (AvgIpc) is 2.76. The number of fused-ring (bicyclic) bond motifs is 1. The summed E-state index contributed by atoms with van der Waals surface area (Å²) in [4.78, 5) is 12.3. The fourth-order valence-electron chi connectivity index (χ4n) is 3.62. The number of allylic oxidation sites excluding steroid dienone is 2. The van der Waals surface area contributed by atoms with Crippen molar-refractivity contribution in [2.45, 2.75) is 45.3 Å². The van der Waals surface area contributed by atoms with E-state index in [-0.39, 0.29) is 11.2 Å². The maximum absolute atomic E-state index is 12.3. The molecule has 2 atom stereocenters. The van der Waals surface area contributed by atoms with E-state index in [1.807, 2.05) is 6.92 Å². The lowest BCUT2D eigenvalue weighted by Crippen LogP contribution is -2.49. The number of ether oxygens (including phenoxy) is 2. The van der Waals surface area contributed by atoms with Crippen molar-refractivity contribution < 1.29 is 14.3 Å². The Balaban J connectivity index is 1.87. The van der Waals surface area contributed by atoms with Crippen molar-refractivity contribution in [2.24, 2.45) is 11.3 Å². The zero-order chi connectivity index (χ0) is 12.1. The van der Waals surface area contributed by atoms with Gasteiger partial charge in [0.25, 0.3) is 0 Å². The molecule has 94 valence electrons. The molecule has 1 heterocycles. The highest BCUT2D eigenvalue weighted by molar-refractivity contribution is 6.00. The second-order valence-electron chi connectivity index (χ2n) is 5.88. The molecule has 3 aliphatic rings. The van der Waals surface area contributed by atoms with E-state index >= 15 is 0 Å². The van der Waals surface area contributed by atoms with Gasteiger partial charge in [0.15, 0.2) is 11.6 Å². The van der Waals surface area contributed by atoms with Crippen LogP contribution >= 0.6 is 0 Å². The lowest BCUT2D eigenvalue weighted by atomic mass is 9.59. The molecule has 0 aromatic carbocycles. The SMILES string of the molecule is CC1=CCC2CC3(CC[C@]2(C)C1=O)OCCO3. The Morgan fingerprint density at radius 3 is 2.71 bits per heavy atom. The normalized spacial score (nSPS) is 40.2. The van der Waals surface area contributed by atoms with Gasteiger partial charge in [-0.15, -0.1) is 0 Å². The Kier molecular flexibility index (Phi) is 2.46. The zero-order valence-corrected chi connectivity index (χ0v) is 10.6. The van der Waals surface area contributed by atoms with Gasteiger partial charge in [0.1, 0.15) is 0 Å². The molecule has 1 aliphatic heterocycles. The fraction of sp³-hybridized carbons (Fsp3) is 0.786. The third kappa shape index (κ3) is 1.59. The van der Waals surface area contributed by atoms with Crippen LogP contribution in [-0.2, 0) is 14.3 Å². The molecule has 0 aromatic rings.